The molecule has 0 atom stereocenters. The summed E-state index contributed by atoms with van der Waals surface area (Å²) in [5.74, 6) is 0.967. The average Bonchev–Trinajstić information content (AvgIpc) is 2.72. The summed E-state index contributed by atoms with van der Waals surface area (Å²) in [6, 6.07) is 12.8. The summed E-state index contributed by atoms with van der Waals surface area (Å²) in [6.45, 7) is 0.597. The van der Waals surface area contributed by atoms with Gasteiger partial charge in [-0.1, -0.05) is 6.07 Å². The number of rotatable bonds is 9. The van der Waals surface area contributed by atoms with Crippen LogP contribution in [0.2, 0.25) is 0 Å². The number of carbonyl (C=O) groups excluding carboxylic acids is 1. The molecule has 0 radical (unpaired) electrons. The average molecular weight is 384 g/mol. The lowest BCUT2D eigenvalue weighted by molar-refractivity contribution is -0.125. The molecule has 6 nitrogen and oxygen atoms in total. The number of amides is 1. The van der Waals surface area contributed by atoms with E-state index in [-0.39, 0.29) is 18.3 Å². The molecule has 0 aromatic heterocycles. The molecule has 28 heavy (non-hydrogen) atoms. The van der Waals surface area contributed by atoms with Crippen LogP contribution in [0.25, 0.3) is 6.08 Å². The lowest BCUT2D eigenvalue weighted by atomic mass is 10.2. The maximum atomic E-state index is 12.8. The van der Waals surface area contributed by atoms with Crippen LogP contribution < -0.4 is 14.2 Å². The Hall–Kier alpha value is -3.53. The molecule has 2 aromatic rings. The Morgan fingerprint density at radius 1 is 1.18 bits per heavy atom. The van der Waals surface area contributed by atoms with E-state index in [2.05, 4.69) is 0 Å². The first-order valence-corrected chi connectivity index (χ1v) is 8.53. The quantitative estimate of drug-likeness (QED) is 0.621. The fourth-order valence-electron chi connectivity index (χ4n) is 2.25. The molecule has 0 saturated heterocycles. The van der Waals surface area contributed by atoms with Crippen LogP contribution in [-0.2, 0) is 4.79 Å². The number of halogens is 1. The Balaban J connectivity index is 1.87. The Morgan fingerprint density at radius 2 is 1.93 bits per heavy atom. The minimum absolute atomic E-state index is 0.0746. The molecule has 0 aliphatic heterocycles. The molecule has 2 aromatic carbocycles. The van der Waals surface area contributed by atoms with Gasteiger partial charge in [-0.05, 0) is 48.0 Å². The Morgan fingerprint density at radius 3 is 2.61 bits per heavy atom. The third kappa shape index (κ3) is 6.32. The molecule has 146 valence electrons. The summed E-state index contributed by atoms with van der Waals surface area (Å²) in [7, 11) is 3.17. The molecule has 0 N–H and O–H groups in total. The van der Waals surface area contributed by atoms with Crippen molar-refractivity contribution in [1.29, 1.82) is 5.26 Å². The van der Waals surface area contributed by atoms with E-state index < -0.39 is 0 Å². The van der Waals surface area contributed by atoms with Crippen LogP contribution in [0.1, 0.15) is 5.56 Å². The van der Waals surface area contributed by atoms with Crippen molar-refractivity contribution < 1.29 is 23.4 Å². The minimum atomic E-state index is -0.328. The summed E-state index contributed by atoms with van der Waals surface area (Å²) in [4.78, 5) is 13.7. The molecule has 0 spiro atoms. The largest absolute Gasteiger partial charge is 0.493 e. The molecule has 0 saturated carbocycles. The van der Waals surface area contributed by atoms with Gasteiger partial charge in [-0.2, -0.15) is 5.26 Å². The fourth-order valence-corrected chi connectivity index (χ4v) is 2.25. The van der Waals surface area contributed by atoms with Gasteiger partial charge in [0, 0.05) is 13.1 Å². The van der Waals surface area contributed by atoms with Crippen molar-refractivity contribution in [3.8, 4) is 23.3 Å². The molecule has 0 aliphatic rings. The zero-order valence-corrected chi connectivity index (χ0v) is 15.7. The van der Waals surface area contributed by atoms with Gasteiger partial charge < -0.3 is 19.1 Å². The van der Waals surface area contributed by atoms with Crippen molar-refractivity contribution in [1.82, 2.24) is 4.90 Å². The Labute approximate surface area is 163 Å². The van der Waals surface area contributed by atoms with Gasteiger partial charge in [-0.15, -0.1) is 0 Å². The molecule has 1 amide bonds. The summed E-state index contributed by atoms with van der Waals surface area (Å²) < 4.78 is 28.8. The highest BCUT2D eigenvalue weighted by Crippen LogP contribution is 2.28. The van der Waals surface area contributed by atoms with Gasteiger partial charge in [0.05, 0.1) is 13.7 Å². The molecule has 2 rings (SSSR count). The number of ether oxygens (including phenoxy) is 3. The predicted octanol–water partition coefficient (Wildman–Crippen LogP) is 3.29. The van der Waals surface area contributed by atoms with E-state index in [0.717, 1.165) is 5.56 Å². The van der Waals surface area contributed by atoms with Gasteiger partial charge >= 0.3 is 0 Å². The standard InChI is InChI=1S/C21H21FN2O4/c1-24(12-14-27-18-7-5-17(22)6-8-18)21(25)10-4-16-3-9-19(28-13-11-23)20(15-16)26-2/h3-10,15H,12-14H2,1-2H3/b10-4+. The van der Waals surface area contributed by atoms with Crippen molar-refractivity contribution in [2.24, 2.45) is 0 Å². The van der Waals surface area contributed by atoms with Crippen molar-refractivity contribution >= 4 is 12.0 Å². The maximum Gasteiger partial charge on any atom is 0.246 e. The van der Waals surface area contributed by atoms with Gasteiger partial charge in [0.25, 0.3) is 0 Å². The van der Waals surface area contributed by atoms with Crippen LogP contribution in [0.4, 0.5) is 4.39 Å². The Bertz CT molecular complexity index is 860. The number of benzene rings is 2. The van der Waals surface area contributed by atoms with Crippen molar-refractivity contribution in [3.05, 3.63) is 59.9 Å². The van der Waals surface area contributed by atoms with Crippen molar-refractivity contribution in [2.45, 2.75) is 0 Å². The third-order valence-corrected chi connectivity index (χ3v) is 3.78. The number of likely N-dealkylation sites (N-methyl/N-ethyl adjacent to an activating group) is 1. The Kier molecular flexibility index (Phi) is 7.85. The van der Waals surface area contributed by atoms with Crippen LogP contribution >= 0.6 is 0 Å². The number of nitriles is 1. The van der Waals surface area contributed by atoms with Gasteiger partial charge in [0.2, 0.25) is 5.91 Å². The predicted molar refractivity (Wildman–Crippen MR) is 103 cm³/mol. The normalized spacial score (nSPS) is 10.4. The van der Waals surface area contributed by atoms with Crippen molar-refractivity contribution in [3.63, 3.8) is 0 Å². The first-order chi connectivity index (χ1) is 13.5. The number of carbonyl (C=O) groups is 1. The lowest BCUT2D eigenvalue weighted by Gasteiger charge is -2.15. The molecular formula is C21H21FN2O4. The van der Waals surface area contributed by atoms with Crippen LogP contribution in [0, 0.1) is 17.1 Å². The van der Waals surface area contributed by atoms with Crippen LogP contribution in [0.5, 0.6) is 17.2 Å². The second-order valence-corrected chi connectivity index (χ2v) is 5.75. The fraction of sp³-hybridized carbons (Fsp3) is 0.238. The van der Waals surface area contributed by atoms with E-state index in [1.54, 1.807) is 31.3 Å². The van der Waals surface area contributed by atoms with E-state index in [0.29, 0.717) is 30.4 Å². The van der Waals surface area contributed by atoms with Crippen LogP contribution in [0.15, 0.2) is 48.5 Å². The monoisotopic (exact) mass is 384 g/mol. The second kappa shape index (κ2) is 10.6. The van der Waals surface area contributed by atoms with Crippen LogP contribution in [0.3, 0.4) is 0 Å². The molecular weight excluding hydrogens is 363 g/mol. The van der Waals surface area contributed by atoms with E-state index in [1.165, 1.54) is 42.4 Å². The van der Waals surface area contributed by atoms with Gasteiger partial charge in [-0.3, -0.25) is 4.79 Å². The summed E-state index contributed by atoms with van der Waals surface area (Å²) in [5, 5.41) is 8.59. The maximum absolute atomic E-state index is 12.8. The first kappa shape index (κ1) is 20.8. The molecule has 0 bridgehead atoms. The van der Waals surface area contributed by atoms with E-state index in [1.807, 2.05) is 6.07 Å². The number of hydrogen-bond acceptors (Lipinski definition) is 5. The first-order valence-electron chi connectivity index (χ1n) is 8.53. The SMILES string of the molecule is COc1cc(/C=C/C(=O)N(C)CCOc2ccc(F)cc2)ccc1OCC#N. The van der Waals surface area contributed by atoms with E-state index in [9.17, 15) is 9.18 Å². The summed E-state index contributed by atoms with van der Waals surface area (Å²) >= 11 is 0. The summed E-state index contributed by atoms with van der Waals surface area (Å²) in [5.41, 5.74) is 0.755. The van der Waals surface area contributed by atoms with E-state index >= 15 is 0 Å². The molecule has 0 fully saturated rings. The molecule has 0 unspecified atom stereocenters. The zero-order valence-electron chi connectivity index (χ0n) is 15.7. The number of methoxy groups -OCH3 is 1. The van der Waals surface area contributed by atoms with Gasteiger partial charge in [-0.25, -0.2) is 4.39 Å². The minimum Gasteiger partial charge on any atom is -0.493 e. The van der Waals surface area contributed by atoms with Gasteiger partial charge in [0.1, 0.15) is 24.2 Å². The highest BCUT2D eigenvalue weighted by atomic mass is 19.1. The second-order valence-electron chi connectivity index (χ2n) is 5.75. The highest BCUT2D eigenvalue weighted by molar-refractivity contribution is 5.91. The third-order valence-electron chi connectivity index (χ3n) is 3.78. The number of nitrogens with zero attached hydrogens (tertiary/aromatic N) is 2. The lowest BCUT2D eigenvalue weighted by Crippen LogP contribution is -2.29. The molecule has 7 heteroatoms. The topological polar surface area (TPSA) is 71.8 Å². The van der Waals surface area contributed by atoms with Crippen molar-refractivity contribution in [2.75, 3.05) is 33.9 Å². The summed E-state index contributed by atoms with van der Waals surface area (Å²) in [6.07, 6.45) is 3.11. The van der Waals surface area contributed by atoms with E-state index in [4.69, 9.17) is 19.5 Å². The van der Waals surface area contributed by atoms with Crippen LogP contribution in [-0.4, -0.2) is 44.7 Å². The number of hydrogen-bond donors (Lipinski definition) is 0. The van der Waals surface area contributed by atoms with Gasteiger partial charge in [0.15, 0.2) is 18.1 Å². The smallest absolute Gasteiger partial charge is 0.246 e. The molecule has 0 aliphatic carbocycles. The zero-order chi connectivity index (χ0) is 20.4. The highest BCUT2D eigenvalue weighted by Gasteiger charge is 2.07. The molecule has 0 heterocycles.